The fourth-order valence-electron chi connectivity index (χ4n) is 2.64. The fraction of sp³-hybridized carbons (Fsp3) is 0.533. The molecule has 1 atom stereocenters. The van der Waals surface area contributed by atoms with E-state index >= 15 is 0 Å². The second kappa shape index (κ2) is 5.42. The lowest BCUT2D eigenvalue weighted by molar-refractivity contribution is 0.0670. The highest BCUT2D eigenvalue weighted by molar-refractivity contribution is 5.95. The van der Waals surface area contributed by atoms with Crippen LogP contribution in [0.5, 0.6) is 5.75 Å². The highest BCUT2D eigenvalue weighted by atomic mass is 16.3. The Labute approximate surface area is 108 Å². The molecule has 18 heavy (non-hydrogen) atoms. The van der Waals surface area contributed by atoms with Gasteiger partial charge in [0, 0.05) is 18.7 Å². The molecule has 0 radical (unpaired) electrons. The topological polar surface area (TPSA) is 40.5 Å². The molecule has 0 aliphatic carbocycles. The number of rotatable bonds is 2. The zero-order valence-electron chi connectivity index (χ0n) is 11.1. The minimum absolute atomic E-state index is 0.102. The molecular formula is C15H21NO2. The van der Waals surface area contributed by atoms with E-state index in [0.717, 1.165) is 31.5 Å². The number of hydrogen-bond donors (Lipinski definition) is 1. The van der Waals surface area contributed by atoms with Crippen molar-refractivity contribution in [3.05, 3.63) is 29.3 Å². The molecule has 1 unspecified atom stereocenters. The highest BCUT2D eigenvalue weighted by Gasteiger charge is 2.24. The van der Waals surface area contributed by atoms with E-state index in [0.29, 0.717) is 11.5 Å². The molecule has 1 aromatic carbocycles. The SMILES string of the molecule is CCC1CCCN(C(=O)c2ccc(O)cc2C)C1. The number of nitrogens with zero attached hydrogens (tertiary/aromatic N) is 1. The van der Waals surface area contributed by atoms with Gasteiger partial charge in [-0.2, -0.15) is 0 Å². The van der Waals surface area contributed by atoms with Gasteiger partial charge in [-0.25, -0.2) is 0 Å². The number of hydrogen-bond acceptors (Lipinski definition) is 2. The molecule has 1 aliphatic rings. The van der Waals surface area contributed by atoms with E-state index in [1.54, 1.807) is 18.2 Å². The van der Waals surface area contributed by atoms with Gasteiger partial charge in [0.1, 0.15) is 5.75 Å². The summed E-state index contributed by atoms with van der Waals surface area (Å²) in [5.74, 6) is 0.958. The molecule has 0 spiro atoms. The summed E-state index contributed by atoms with van der Waals surface area (Å²) in [7, 11) is 0. The molecule has 1 aromatic rings. The smallest absolute Gasteiger partial charge is 0.254 e. The first-order chi connectivity index (χ1) is 8.61. The largest absolute Gasteiger partial charge is 0.508 e. The molecule has 3 heteroatoms. The van der Waals surface area contributed by atoms with Crippen molar-refractivity contribution < 1.29 is 9.90 Å². The molecule has 98 valence electrons. The van der Waals surface area contributed by atoms with Crippen molar-refractivity contribution in [1.82, 2.24) is 4.90 Å². The van der Waals surface area contributed by atoms with Crippen molar-refractivity contribution in [2.75, 3.05) is 13.1 Å². The zero-order valence-corrected chi connectivity index (χ0v) is 11.1. The Morgan fingerprint density at radius 2 is 2.28 bits per heavy atom. The number of piperidine rings is 1. The predicted molar refractivity (Wildman–Crippen MR) is 71.8 cm³/mol. The number of carbonyl (C=O) groups is 1. The van der Waals surface area contributed by atoms with E-state index in [-0.39, 0.29) is 11.7 Å². The van der Waals surface area contributed by atoms with Gasteiger partial charge in [0.25, 0.3) is 5.91 Å². The number of amides is 1. The van der Waals surface area contributed by atoms with Crippen LogP contribution < -0.4 is 0 Å². The molecule has 0 aromatic heterocycles. The van der Waals surface area contributed by atoms with Crippen LogP contribution in [-0.4, -0.2) is 29.0 Å². The van der Waals surface area contributed by atoms with Gasteiger partial charge in [-0.1, -0.05) is 13.3 Å². The molecule has 3 nitrogen and oxygen atoms in total. The van der Waals surface area contributed by atoms with E-state index in [1.165, 1.54) is 6.42 Å². The van der Waals surface area contributed by atoms with Gasteiger partial charge in [-0.3, -0.25) is 4.79 Å². The fourth-order valence-corrected chi connectivity index (χ4v) is 2.64. The third-order valence-electron chi connectivity index (χ3n) is 3.82. The van der Waals surface area contributed by atoms with E-state index in [9.17, 15) is 9.90 Å². The standard InChI is InChI=1S/C15H21NO2/c1-3-12-5-4-8-16(10-12)15(18)14-7-6-13(17)9-11(14)2/h6-7,9,12,17H,3-5,8,10H2,1-2H3. The Morgan fingerprint density at radius 3 is 2.94 bits per heavy atom. The van der Waals surface area contributed by atoms with Crippen molar-refractivity contribution in [2.45, 2.75) is 33.1 Å². The first-order valence-electron chi connectivity index (χ1n) is 6.70. The lowest BCUT2D eigenvalue weighted by atomic mass is 9.95. The normalized spacial score (nSPS) is 19.9. The van der Waals surface area contributed by atoms with Crippen molar-refractivity contribution >= 4 is 5.91 Å². The van der Waals surface area contributed by atoms with Crippen LogP contribution in [0.3, 0.4) is 0 Å². The Morgan fingerprint density at radius 1 is 1.50 bits per heavy atom. The predicted octanol–water partition coefficient (Wildman–Crippen LogP) is 2.96. The molecule has 1 amide bonds. The minimum Gasteiger partial charge on any atom is -0.508 e. The summed E-state index contributed by atoms with van der Waals surface area (Å²) < 4.78 is 0. The first kappa shape index (κ1) is 12.9. The number of carbonyl (C=O) groups excluding carboxylic acids is 1. The van der Waals surface area contributed by atoms with Gasteiger partial charge in [-0.05, 0) is 49.4 Å². The Hall–Kier alpha value is -1.51. The lowest BCUT2D eigenvalue weighted by Crippen LogP contribution is -2.40. The molecule has 0 bridgehead atoms. The molecule has 1 heterocycles. The van der Waals surface area contributed by atoms with Crippen LogP contribution in [0.1, 0.15) is 42.1 Å². The minimum atomic E-state index is 0.102. The summed E-state index contributed by atoms with van der Waals surface area (Å²) in [6, 6.07) is 4.96. The summed E-state index contributed by atoms with van der Waals surface area (Å²) >= 11 is 0. The van der Waals surface area contributed by atoms with Crippen molar-refractivity contribution in [3.63, 3.8) is 0 Å². The molecule has 1 fully saturated rings. The zero-order chi connectivity index (χ0) is 13.1. The van der Waals surface area contributed by atoms with Crippen LogP contribution in [0.25, 0.3) is 0 Å². The summed E-state index contributed by atoms with van der Waals surface area (Å²) in [5, 5.41) is 9.38. The maximum Gasteiger partial charge on any atom is 0.254 e. The van der Waals surface area contributed by atoms with Crippen LogP contribution in [0, 0.1) is 12.8 Å². The van der Waals surface area contributed by atoms with Crippen molar-refractivity contribution in [3.8, 4) is 5.75 Å². The van der Waals surface area contributed by atoms with Crippen LogP contribution in [0.15, 0.2) is 18.2 Å². The van der Waals surface area contributed by atoms with Gasteiger partial charge in [0.15, 0.2) is 0 Å². The Bertz CT molecular complexity index is 442. The van der Waals surface area contributed by atoms with Crippen molar-refractivity contribution in [1.29, 1.82) is 0 Å². The quantitative estimate of drug-likeness (QED) is 0.872. The summed E-state index contributed by atoms with van der Waals surface area (Å²) in [4.78, 5) is 14.4. The van der Waals surface area contributed by atoms with Gasteiger partial charge < -0.3 is 10.0 Å². The summed E-state index contributed by atoms with van der Waals surface area (Å²) in [6.45, 7) is 5.78. The second-order valence-corrected chi connectivity index (χ2v) is 5.17. The maximum absolute atomic E-state index is 12.4. The van der Waals surface area contributed by atoms with Gasteiger partial charge in [0.2, 0.25) is 0 Å². The summed E-state index contributed by atoms with van der Waals surface area (Å²) in [5.41, 5.74) is 1.56. The number of benzene rings is 1. The van der Waals surface area contributed by atoms with E-state index in [1.807, 2.05) is 11.8 Å². The van der Waals surface area contributed by atoms with Crippen LogP contribution in [0.4, 0.5) is 0 Å². The van der Waals surface area contributed by atoms with Crippen LogP contribution >= 0.6 is 0 Å². The van der Waals surface area contributed by atoms with Crippen LogP contribution in [0.2, 0.25) is 0 Å². The number of aromatic hydroxyl groups is 1. The van der Waals surface area contributed by atoms with Gasteiger partial charge >= 0.3 is 0 Å². The lowest BCUT2D eigenvalue weighted by Gasteiger charge is -2.32. The Balaban J connectivity index is 2.15. The van der Waals surface area contributed by atoms with E-state index in [4.69, 9.17) is 0 Å². The molecule has 2 rings (SSSR count). The molecule has 0 saturated carbocycles. The number of likely N-dealkylation sites (tertiary alicyclic amines) is 1. The highest BCUT2D eigenvalue weighted by Crippen LogP contribution is 2.23. The monoisotopic (exact) mass is 247 g/mol. The second-order valence-electron chi connectivity index (χ2n) is 5.17. The summed E-state index contributed by atoms with van der Waals surface area (Å²) in [6.07, 6.45) is 3.47. The van der Waals surface area contributed by atoms with Crippen molar-refractivity contribution in [2.24, 2.45) is 5.92 Å². The van der Waals surface area contributed by atoms with Gasteiger partial charge in [-0.15, -0.1) is 0 Å². The molecular weight excluding hydrogens is 226 g/mol. The number of phenols is 1. The molecule has 1 aliphatic heterocycles. The number of phenolic OH excluding ortho intramolecular Hbond substituents is 1. The molecule has 1 saturated heterocycles. The maximum atomic E-state index is 12.4. The van der Waals surface area contributed by atoms with Gasteiger partial charge in [0.05, 0.1) is 0 Å². The van der Waals surface area contributed by atoms with E-state index in [2.05, 4.69) is 6.92 Å². The average molecular weight is 247 g/mol. The Kier molecular flexibility index (Phi) is 3.90. The van der Waals surface area contributed by atoms with Crippen LogP contribution in [-0.2, 0) is 0 Å². The average Bonchev–Trinajstić information content (AvgIpc) is 2.38. The van der Waals surface area contributed by atoms with E-state index < -0.39 is 0 Å². The first-order valence-corrected chi connectivity index (χ1v) is 6.70. The number of aryl methyl sites for hydroxylation is 1. The molecule has 1 N–H and O–H groups in total. The third-order valence-corrected chi connectivity index (χ3v) is 3.82. The third kappa shape index (κ3) is 2.66.